The van der Waals surface area contributed by atoms with Gasteiger partial charge in [-0.2, -0.15) is 5.10 Å². The van der Waals surface area contributed by atoms with Crippen molar-refractivity contribution >= 4 is 10.9 Å². The van der Waals surface area contributed by atoms with Crippen molar-refractivity contribution in [3.05, 3.63) is 47.8 Å². The molecule has 2 aromatic carbocycles. The predicted octanol–water partition coefficient (Wildman–Crippen LogP) is 4.57. The van der Waals surface area contributed by atoms with Crippen LogP contribution in [0.15, 0.2) is 36.4 Å². The Morgan fingerprint density at radius 1 is 1.14 bits per heavy atom. The molecule has 0 unspecified atom stereocenters. The zero-order valence-electron chi connectivity index (χ0n) is 13.1. The highest BCUT2D eigenvalue weighted by Crippen LogP contribution is 2.33. The summed E-state index contributed by atoms with van der Waals surface area (Å²) in [6.07, 6.45) is 0.942. The second kappa shape index (κ2) is 5.79. The van der Waals surface area contributed by atoms with Crippen molar-refractivity contribution in [2.75, 3.05) is 7.11 Å². The lowest BCUT2D eigenvalue weighted by molar-refractivity contribution is 0.415. The first-order valence-corrected chi connectivity index (χ1v) is 7.45. The van der Waals surface area contributed by atoms with Gasteiger partial charge < -0.3 is 4.74 Å². The predicted molar refractivity (Wildman–Crippen MR) is 86.7 cm³/mol. The number of nitrogens with zero attached hydrogens (tertiary/aromatic N) is 2. The van der Waals surface area contributed by atoms with Gasteiger partial charge in [0.05, 0.1) is 12.8 Å². The van der Waals surface area contributed by atoms with Gasteiger partial charge in [0, 0.05) is 17.5 Å². The third-order valence-electron chi connectivity index (χ3n) is 3.85. The van der Waals surface area contributed by atoms with E-state index in [2.05, 4.69) is 12.0 Å². The average Bonchev–Trinajstić information content (AvgIpc) is 2.92. The number of benzene rings is 2. The van der Waals surface area contributed by atoms with Gasteiger partial charge in [0.25, 0.3) is 0 Å². The molecule has 3 nitrogen and oxygen atoms in total. The highest BCUT2D eigenvalue weighted by Gasteiger charge is 2.17. The van der Waals surface area contributed by atoms with Gasteiger partial charge >= 0.3 is 0 Å². The minimum Gasteiger partial charge on any atom is -0.497 e. The van der Waals surface area contributed by atoms with E-state index in [1.54, 1.807) is 7.11 Å². The molecule has 4 heteroatoms. The van der Waals surface area contributed by atoms with Crippen LogP contribution in [0.2, 0.25) is 0 Å². The molecule has 0 N–H and O–H groups in total. The van der Waals surface area contributed by atoms with Gasteiger partial charge in [-0.15, -0.1) is 0 Å². The molecule has 1 heterocycles. The molecule has 0 saturated heterocycles. The van der Waals surface area contributed by atoms with Crippen LogP contribution in [0.4, 0.5) is 4.39 Å². The Morgan fingerprint density at radius 3 is 2.50 bits per heavy atom. The monoisotopic (exact) mass is 298 g/mol. The van der Waals surface area contributed by atoms with Crippen molar-refractivity contribution in [3.8, 4) is 17.0 Å². The molecule has 0 aliphatic heterocycles. The first-order chi connectivity index (χ1) is 10.7. The van der Waals surface area contributed by atoms with Crippen LogP contribution >= 0.6 is 0 Å². The van der Waals surface area contributed by atoms with Crippen LogP contribution in [0.25, 0.3) is 22.2 Å². The van der Waals surface area contributed by atoms with Crippen molar-refractivity contribution in [2.24, 2.45) is 0 Å². The number of aromatic nitrogens is 2. The molecule has 0 fully saturated rings. The fourth-order valence-electron chi connectivity index (χ4n) is 2.78. The van der Waals surface area contributed by atoms with E-state index in [4.69, 9.17) is 4.74 Å². The quantitative estimate of drug-likeness (QED) is 0.705. The van der Waals surface area contributed by atoms with Gasteiger partial charge in [0.2, 0.25) is 0 Å². The number of hydrogen-bond donors (Lipinski definition) is 0. The van der Waals surface area contributed by atoms with Gasteiger partial charge in [-0.3, -0.25) is 4.68 Å². The standard InChI is InChI=1S/C18H19FN2O/c1-4-11-21-18(13-6-8-14(22-3)9-7-13)16-12(2)5-10-15(19)17(16)20-21/h5-10H,4,11H2,1-3H3. The topological polar surface area (TPSA) is 27.1 Å². The van der Waals surface area contributed by atoms with Gasteiger partial charge in [-0.1, -0.05) is 13.0 Å². The molecule has 0 radical (unpaired) electrons. The molecule has 3 aromatic rings. The summed E-state index contributed by atoms with van der Waals surface area (Å²) in [5.74, 6) is 0.530. The number of rotatable bonds is 4. The first kappa shape index (κ1) is 14.6. The zero-order valence-corrected chi connectivity index (χ0v) is 13.1. The summed E-state index contributed by atoms with van der Waals surface area (Å²) >= 11 is 0. The number of fused-ring (bicyclic) bond motifs is 1. The summed E-state index contributed by atoms with van der Waals surface area (Å²) < 4.78 is 21.3. The molecule has 0 aliphatic carbocycles. The fourth-order valence-corrected chi connectivity index (χ4v) is 2.78. The van der Waals surface area contributed by atoms with Crippen LogP contribution < -0.4 is 4.74 Å². The first-order valence-electron chi connectivity index (χ1n) is 7.45. The second-order valence-electron chi connectivity index (χ2n) is 5.39. The minimum atomic E-state index is -0.273. The van der Waals surface area contributed by atoms with Crippen LogP contribution in [-0.2, 0) is 6.54 Å². The van der Waals surface area contributed by atoms with E-state index in [9.17, 15) is 4.39 Å². The average molecular weight is 298 g/mol. The molecular weight excluding hydrogens is 279 g/mol. The van der Waals surface area contributed by atoms with Crippen LogP contribution in [0.3, 0.4) is 0 Å². The number of halogens is 1. The zero-order chi connectivity index (χ0) is 15.7. The molecule has 0 atom stereocenters. The molecule has 0 aliphatic rings. The van der Waals surface area contributed by atoms with Crippen LogP contribution in [-0.4, -0.2) is 16.9 Å². The van der Waals surface area contributed by atoms with Gasteiger partial charge in [0.1, 0.15) is 11.3 Å². The third kappa shape index (κ3) is 2.34. The van der Waals surface area contributed by atoms with Crippen molar-refractivity contribution in [3.63, 3.8) is 0 Å². The summed E-state index contributed by atoms with van der Waals surface area (Å²) in [5, 5.41) is 5.38. The van der Waals surface area contributed by atoms with E-state index in [-0.39, 0.29) is 5.82 Å². The number of hydrogen-bond acceptors (Lipinski definition) is 2. The van der Waals surface area contributed by atoms with E-state index < -0.39 is 0 Å². The Morgan fingerprint density at radius 2 is 1.86 bits per heavy atom. The normalized spacial score (nSPS) is 11.1. The Balaban J connectivity index is 2.29. The summed E-state index contributed by atoms with van der Waals surface area (Å²) in [7, 11) is 1.64. The summed E-state index contributed by atoms with van der Waals surface area (Å²) in [4.78, 5) is 0. The molecule has 3 rings (SSSR count). The van der Waals surface area contributed by atoms with Crippen LogP contribution in [0.5, 0.6) is 5.75 Å². The summed E-state index contributed by atoms with van der Waals surface area (Å²) in [6, 6.07) is 11.1. The maximum atomic E-state index is 14.1. The molecular formula is C18H19FN2O. The third-order valence-corrected chi connectivity index (χ3v) is 3.85. The Kier molecular flexibility index (Phi) is 3.84. The Labute approximate surface area is 129 Å². The Bertz CT molecular complexity index is 806. The van der Waals surface area contributed by atoms with E-state index in [0.29, 0.717) is 5.52 Å². The van der Waals surface area contributed by atoms with E-state index in [0.717, 1.165) is 40.9 Å². The van der Waals surface area contributed by atoms with E-state index in [1.807, 2.05) is 41.9 Å². The van der Waals surface area contributed by atoms with Crippen molar-refractivity contribution in [2.45, 2.75) is 26.8 Å². The number of methoxy groups -OCH3 is 1. The van der Waals surface area contributed by atoms with Gasteiger partial charge in [-0.25, -0.2) is 4.39 Å². The number of ether oxygens (including phenoxy) is 1. The van der Waals surface area contributed by atoms with Gasteiger partial charge in [-0.05, 0) is 49.2 Å². The summed E-state index contributed by atoms with van der Waals surface area (Å²) in [6.45, 7) is 4.84. The Hall–Kier alpha value is -2.36. The molecule has 1 aromatic heterocycles. The maximum absolute atomic E-state index is 14.1. The lowest BCUT2D eigenvalue weighted by atomic mass is 10.0. The highest BCUT2D eigenvalue weighted by atomic mass is 19.1. The van der Waals surface area contributed by atoms with Crippen molar-refractivity contribution in [1.82, 2.24) is 9.78 Å². The SMILES string of the molecule is CCCn1nc2c(F)ccc(C)c2c1-c1ccc(OC)cc1. The molecule has 114 valence electrons. The van der Waals surface area contributed by atoms with Gasteiger partial charge in [0.15, 0.2) is 5.82 Å². The fraction of sp³-hybridized carbons (Fsp3) is 0.278. The lowest BCUT2D eigenvalue weighted by Gasteiger charge is -2.08. The summed E-state index contributed by atoms with van der Waals surface area (Å²) in [5.41, 5.74) is 3.46. The molecule has 0 amide bonds. The van der Waals surface area contributed by atoms with Crippen LogP contribution in [0, 0.1) is 12.7 Å². The highest BCUT2D eigenvalue weighted by molar-refractivity contribution is 5.96. The molecule has 22 heavy (non-hydrogen) atoms. The number of aryl methyl sites for hydroxylation is 2. The van der Waals surface area contributed by atoms with E-state index >= 15 is 0 Å². The molecule has 0 bridgehead atoms. The smallest absolute Gasteiger partial charge is 0.151 e. The minimum absolute atomic E-state index is 0.273. The molecule has 0 saturated carbocycles. The largest absolute Gasteiger partial charge is 0.497 e. The molecule has 0 spiro atoms. The van der Waals surface area contributed by atoms with Crippen molar-refractivity contribution < 1.29 is 9.13 Å². The van der Waals surface area contributed by atoms with Crippen LogP contribution in [0.1, 0.15) is 18.9 Å². The van der Waals surface area contributed by atoms with E-state index in [1.165, 1.54) is 6.07 Å². The second-order valence-corrected chi connectivity index (χ2v) is 5.39. The van der Waals surface area contributed by atoms with Crippen molar-refractivity contribution in [1.29, 1.82) is 0 Å². The maximum Gasteiger partial charge on any atom is 0.151 e. The lowest BCUT2D eigenvalue weighted by Crippen LogP contribution is -2.01.